The van der Waals surface area contributed by atoms with Gasteiger partial charge >= 0.3 is 0 Å². The highest BCUT2D eigenvalue weighted by Crippen LogP contribution is 2.27. The Bertz CT molecular complexity index is 329. The topological polar surface area (TPSA) is 30.2 Å². The van der Waals surface area contributed by atoms with E-state index in [9.17, 15) is 4.55 Å². The molecular weight excluding hydrogens is 184 g/mol. The second kappa shape index (κ2) is 3.20. The Morgan fingerprint density at radius 3 is 3.15 bits per heavy atom. The maximum atomic E-state index is 11.6. The molecule has 13 heavy (non-hydrogen) atoms. The normalized spacial score (nSPS) is 21.5. The lowest BCUT2D eigenvalue weighted by Crippen LogP contribution is -2.36. The van der Waals surface area contributed by atoms with Crippen LogP contribution in [0.25, 0.3) is 0 Å². The van der Waals surface area contributed by atoms with Crippen molar-refractivity contribution in [2.24, 2.45) is 7.05 Å². The molecule has 0 fully saturated rings. The van der Waals surface area contributed by atoms with Gasteiger partial charge in [-0.1, -0.05) is 0 Å². The highest BCUT2D eigenvalue weighted by atomic mass is 32.2. The van der Waals surface area contributed by atoms with Crippen molar-refractivity contribution in [3.63, 3.8) is 0 Å². The van der Waals surface area contributed by atoms with Gasteiger partial charge in [0.25, 0.3) is 0 Å². The Morgan fingerprint density at radius 1 is 1.62 bits per heavy atom. The van der Waals surface area contributed by atoms with E-state index in [4.69, 9.17) is 0 Å². The van der Waals surface area contributed by atoms with E-state index in [0.717, 1.165) is 22.9 Å². The number of aromatic nitrogens is 1. The van der Waals surface area contributed by atoms with E-state index in [1.54, 1.807) is 0 Å². The smallest absolute Gasteiger partial charge is 0.197 e. The molecular formula is C9H13N2OS+. The van der Waals surface area contributed by atoms with Crippen LogP contribution in [0.2, 0.25) is 0 Å². The van der Waals surface area contributed by atoms with Crippen LogP contribution in [0.4, 0.5) is 5.69 Å². The molecule has 0 aromatic carbocycles. The molecule has 3 nitrogen and oxygen atoms in total. The Balaban J connectivity index is 2.50. The highest BCUT2D eigenvalue weighted by Gasteiger charge is 2.27. The van der Waals surface area contributed by atoms with Gasteiger partial charge in [0.05, 0.1) is 12.6 Å². The quantitative estimate of drug-likeness (QED) is 0.435. The van der Waals surface area contributed by atoms with Gasteiger partial charge in [-0.2, -0.15) is 0 Å². The first-order valence-corrected chi connectivity index (χ1v) is 5.59. The van der Waals surface area contributed by atoms with E-state index in [1.165, 1.54) is 0 Å². The molecule has 0 N–H and O–H groups in total. The van der Waals surface area contributed by atoms with Crippen LogP contribution in [0.5, 0.6) is 0 Å². The molecule has 70 valence electrons. The van der Waals surface area contributed by atoms with Crippen LogP contribution < -0.4 is 9.47 Å². The third-order valence-corrected chi connectivity index (χ3v) is 3.70. The van der Waals surface area contributed by atoms with Crippen molar-refractivity contribution in [1.29, 1.82) is 0 Å². The van der Waals surface area contributed by atoms with Crippen molar-refractivity contribution in [2.75, 3.05) is 24.2 Å². The minimum absolute atomic E-state index is 0.747. The number of fused-ring (bicyclic) bond motifs is 1. The maximum absolute atomic E-state index is 11.6. The molecule has 0 saturated heterocycles. The van der Waals surface area contributed by atoms with Crippen molar-refractivity contribution in [3.8, 4) is 0 Å². The van der Waals surface area contributed by atoms with Gasteiger partial charge in [0.1, 0.15) is 12.8 Å². The predicted octanol–water partition coefficient (Wildman–Crippen LogP) is 0.0685. The first-order valence-electron chi connectivity index (χ1n) is 4.27. The second-order valence-electron chi connectivity index (χ2n) is 3.33. The summed E-state index contributed by atoms with van der Waals surface area (Å²) in [6.45, 7) is 0.879. The Labute approximate surface area is 81.2 Å². The van der Waals surface area contributed by atoms with Crippen LogP contribution in [0.3, 0.4) is 0 Å². The molecule has 1 atom stereocenters. The summed E-state index contributed by atoms with van der Waals surface area (Å²) in [5.74, 6) is 0.747. The van der Waals surface area contributed by atoms with Gasteiger partial charge < -0.3 is 9.45 Å². The number of aryl methyl sites for hydroxylation is 1. The summed E-state index contributed by atoms with van der Waals surface area (Å²) in [6.07, 6.45) is 3.96. The molecule has 0 spiro atoms. The van der Waals surface area contributed by atoms with E-state index in [1.807, 2.05) is 37.1 Å². The van der Waals surface area contributed by atoms with Gasteiger partial charge in [0.15, 0.2) is 23.0 Å². The van der Waals surface area contributed by atoms with Crippen LogP contribution in [0.1, 0.15) is 0 Å². The highest BCUT2D eigenvalue weighted by molar-refractivity contribution is 7.91. The number of rotatable bonds is 0. The SMILES string of the molecule is CN1CC[S+]([O-])c2cc[n+](C)cc21. The van der Waals surface area contributed by atoms with Crippen molar-refractivity contribution in [1.82, 2.24) is 0 Å². The average Bonchev–Trinajstić information content (AvgIpc) is 2.12. The van der Waals surface area contributed by atoms with Crippen molar-refractivity contribution in [3.05, 3.63) is 18.5 Å². The number of nitrogens with zero attached hydrogens (tertiary/aromatic N) is 2. The fourth-order valence-corrected chi connectivity index (χ4v) is 2.81. The molecule has 1 aliphatic heterocycles. The monoisotopic (exact) mass is 197 g/mol. The maximum Gasteiger partial charge on any atom is 0.197 e. The Morgan fingerprint density at radius 2 is 2.38 bits per heavy atom. The summed E-state index contributed by atoms with van der Waals surface area (Å²) < 4.78 is 13.6. The van der Waals surface area contributed by atoms with Crippen LogP contribution >= 0.6 is 0 Å². The number of hydrogen-bond donors (Lipinski definition) is 0. The molecule has 0 bridgehead atoms. The molecule has 0 amide bonds. The van der Waals surface area contributed by atoms with Crippen LogP contribution in [0, 0.1) is 0 Å². The predicted molar refractivity (Wildman–Crippen MR) is 52.2 cm³/mol. The molecule has 1 aromatic heterocycles. The van der Waals surface area contributed by atoms with E-state index >= 15 is 0 Å². The first-order chi connectivity index (χ1) is 6.18. The zero-order chi connectivity index (χ0) is 9.42. The zero-order valence-corrected chi connectivity index (χ0v) is 8.67. The third-order valence-electron chi connectivity index (χ3n) is 2.31. The van der Waals surface area contributed by atoms with Gasteiger partial charge in [-0.25, -0.2) is 4.57 Å². The molecule has 0 aliphatic carbocycles. The average molecular weight is 197 g/mol. The van der Waals surface area contributed by atoms with Crippen LogP contribution in [-0.2, 0) is 18.2 Å². The van der Waals surface area contributed by atoms with Gasteiger partial charge in [0.2, 0.25) is 0 Å². The van der Waals surface area contributed by atoms with Crippen molar-refractivity contribution >= 4 is 16.9 Å². The summed E-state index contributed by atoms with van der Waals surface area (Å²) in [5.41, 5.74) is 1.09. The number of pyridine rings is 1. The van der Waals surface area contributed by atoms with Gasteiger partial charge in [-0.3, -0.25) is 0 Å². The summed E-state index contributed by atoms with van der Waals surface area (Å²) >= 11 is -0.799. The lowest BCUT2D eigenvalue weighted by atomic mass is 10.3. The molecule has 4 heteroatoms. The largest absolute Gasteiger partial charge is 0.611 e. The Hall–Kier alpha value is -0.740. The molecule has 0 saturated carbocycles. The minimum Gasteiger partial charge on any atom is -0.611 e. The molecule has 1 unspecified atom stereocenters. The third kappa shape index (κ3) is 1.51. The van der Waals surface area contributed by atoms with Crippen molar-refractivity contribution in [2.45, 2.75) is 4.90 Å². The first kappa shape index (κ1) is 8.84. The lowest BCUT2D eigenvalue weighted by Gasteiger charge is -2.26. The lowest BCUT2D eigenvalue weighted by molar-refractivity contribution is -0.671. The van der Waals surface area contributed by atoms with Crippen LogP contribution in [-0.4, -0.2) is 23.9 Å². The molecule has 2 rings (SSSR count). The number of anilines is 1. The minimum atomic E-state index is -0.799. The van der Waals surface area contributed by atoms with Crippen LogP contribution in [0.15, 0.2) is 23.4 Å². The molecule has 2 heterocycles. The summed E-state index contributed by atoms with van der Waals surface area (Å²) in [6, 6.07) is 1.95. The van der Waals surface area contributed by atoms with Gasteiger partial charge in [0, 0.05) is 7.05 Å². The molecule has 0 radical (unpaired) electrons. The van der Waals surface area contributed by atoms with Crippen molar-refractivity contribution < 1.29 is 9.12 Å². The second-order valence-corrected chi connectivity index (χ2v) is 4.87. The number of hydrogen-bond acceptors (Lipinski definition) is 2. The standard InChI is InChI=1S/C9H13N2OS/c1-10-4-3-9-8(7-10)11(2)5-6-13(9)12/h3-4,7H,5-6H2,1-2H3/q+1. The van der Waals surface area contributed by atoms with E-state index < -0.39 is 11.2 Å². The van der Waals surface area contributed by atoms with E-state index in [-0.39, 0.29) is 0 Å². The summed E-state index contributed by atoms with van der Waals surface area (Å²) in [7, 11) is 4.01. The fraction of sp³-hybridized carbons (Fsp3) is 0.444. The summed E-state index contributed by atoms with van der Waals surface area (Å²) in [4.78, 5) is 3.11. The van der Waals surface area contributed by atoms with Gasteiger partial charge in [-0.05, 0) is 11.2 Å². The Kier molecular flexibility index (Phi) is 2.17. The van der Waals surface area contributed by atoms with E-state index in [2.05, 4.69) is 4.90 Å². The summed E-state index contributed by atoms with van der Waals surface area (Å²) in [5, 5.41) is 0. The zero-order valence-electron chi connectivity index (χ0n) is 7.86. The van der Waals surface area contributed by atoms with Gasteiger partial charge in [-0.15, -0.1) is 0 Å². The molecule has 1 aliphatic rings. The van der Waals surface area contributed by atoms with E-state index in [0.29, 0.717) is 0 Å². The molecule has 1 aromatic rings. The fourth-order valence-electron chi connectivity index (χ4n) is 1.50.